The van der Waals surface area contributed by atoms with Gasteiger partial charge in [0.15, 0.2) is 0 Å². The van der Waals surface area contributed by atoms with Gasteiger partial charge in [-0.15, -0.1) is 0 Å². The minimum atomic E-state index is 0.692. The molecule has 0 radical (unpaired) electrons. The third-order valence-corrected chi connectivity index (χ3v) is 2.73. The SMILES string of the molecule is Cc1cc(NCc2ccc(CCN)cc2)ncn1. The highest BCUT2D eigenvalue weighted by Gasteiger charge is 1.97. The van der Waals surface area contributed by atoms with E-state index in [1.54, 1.807) is 6.33 Å². The zero-order valence-electron chi connectivity index (χ0n) is 10.6. The molecular formula is C14H18N4. The smallest absolute Gasteiger partial charge is 0.129 e. The van der Waals surface area contributed by atoms with Gasteiger partial charge in [-0.25, -0.2) is 9.97 Å². The van der Waals surface area contributed by atoms with Crippen LogP contribution in [-0.2, 0) is 13.0 Å². The summed E-state index contributed by atoms with van der Waals surface area (Å²) in [6.07, 6.45) is 2.50. The highest BCUT2D eigenvalue weighted by Crippen LogP contribution is 2.08. The molecule has 0 fully saturated rings. The van der Waals surface area contributed by atoms with Crippen molar-refractivity contribution in [1.29, 1.82) is 0 Å². The number of aromatic nitrogens is 2. The van der Waals surface area contributed by atoms with Gasteiger partial charge in [-0.05, 0) is 31.0 Å². The second-order valence-corrected chi connectivity index (χ2v) is 4.25. The highest BCUT2D eigenvalue weighted by molar-refractivity contribution is 5.36. The summed E-state index contributed by atoms with van der Waals surface area (Å²) in [4.78, 5) is 8.23. The van der Waals surface area contributed by atoms with Gasteiger partial charge in [-0.3, -0.25) is 0 Å². The minimum absolute atomic E-state index is 0.692. The number of nitrogens with two attached hydrogens (primary N) is 1. The van der Waals surface area contributed by atoms with E-state index in [9.17, 15) is 0 Å². The Labute approximate surface area is 107 Å². The molecule has 0 saturated heterocycles. The first-order chi connectivity index (χ1) is 8.78. The molecule has 2 aromatic rings. The van der Waals surface area contributed by atoms with Crippen LogP contribution in [-0.4, -0.2) is 16.5 Å². The van der Waals surface area contributed by atoms with Gasteiger partial charge in [0.05, 0.1) is 0 Å². The molecule has 0 aliphatic carbocycles. The molecule has 1 heterocycles. The highest BCUT2D eigenvalue weighted by atomic mass is 15.0. The number of benzene rings is 1. The van der Waals surface area contributed by atoms with Crippen molar-refractivity contribution >= 4 is 5.82 Å². The predicted octanol–water partition coefficient (Wildman–Crippen LogP) is 1.90. The van der Waals surface area contributed by atoms with E-state index in [0.717, 1.165) is 24.5 Å². The minimum Gasteiger partial charge on any atom is -0.366 e. The molecule has 94 valence electrons. The summed E-state index contributed by atoms with van der Waals surface area (Å²) in [5, 5.41) is 3.28. The molecule has 3 N–H and O–H groups in total. The van der Waals surface area contributed by atoms with Crippen LogP contribution < -0.4 is 11.1 Å². The predicted molar refractivity (Wildman–Crippen MR) is 73.3 cm³/mol. The Morgan fingerprint density at radius 3 is 2.50 bits per heavy atom. The second kappa shape index (κ2) is 6.12. The van der Waals surface area contributed by atoms with Crippen molar-refractivity contribution in [3.8, 4) is 0 Å². The van der Waals surface area contributed by atoms with Crippen LogP contribution in [0.2, 0.25) is 0 Å². The van der Waals surface area contributed by atoms with Gasteiger partial charge in [0.2, 0.25) is 0 Å². The number of anilines is 1. The Hall–Kier alpha value is -1.94. The second-order valence-electron chi connectivity index (χ2n) is 4.25. The van der Waals surface area contributed by atoms with E-state index in [-0.39, 0.29) is 0 Å². The molecule has 0 atom stereocenters. The molecule has 0 aliphatic rings. The number of nitrogens with one attached hydrogen (secondary N) is 1. The number of hydrogen-bond donors (Lipinski definition) is 2. The Kier molecular flexibility index (Phi) is 4.25. The zero-order valence-corrected chi connectivity index (χ0v) is 10.6. The van der Waals surface area contributed by atoms with Crippen LogP contribution in [0.3, 0.4) is 0 Å². The van der Waals surface area contributed by atoms with E-state index in [1.165, 1.54) is 11.1 Å². The monoisotopic (exact) mass is 242 g/mol. The summed E-state index contributed by atoms with van der Waals surface area (Å²) in [7, 11) is 0. The van der Waals surface area contributed by atoms with E-state index in [4.69, 9.17) is 5.73 Å². The van der Waals surface area contributed by atoms with Crippen molar-refractivity contribution in [2.45, 2.75) is 19.9 Å². The molecule has 0 unspecified atom stereocenters. The van der Waals surface area contributed by atoms with Crippen LogP contribution in [0.1, 0.15) is 16.8 Å². The Bertz CT molecular complexity index is 493. The largest absolute Gasteiger partial charge is 0.366 e. The van der Waals surface area contributed by atoms with Crippen LogP contribution >= 0.6 is 0 Å². The van der Waals surface area contributed by atoms with Gasteiger partial charge < -0.3 is 11.1 Å². The molecule has 18 heavy (non-hydrogen) atoms. The average Bonchev–Trinajstić information content (AvgIpc) is 2.38. The van der Waals surface area contributed by atoms with Crippen LogP contribution in [0, 0.1) is 6.92 Å². The van der Waals surface area contributed by atoms with E-state index < -0.39 is 0 Å². The standard InChI is InChI=1S/C14H18N4/c1-11-8-14(18-10-17-11)16-9-13-4-2-12(3-5-13)6-7-15/h2-5,8,10H,6-7,9,15H2,1H3,(H,16,17,18). The molecule has 0 bridgehead atoms. The molecule has 0 spiro atoms. The van der Waals surface area contributed by atoms with Crippen molar-refractivity contribution in [2.75, 3.05) is 11.9 Å². The maximum atomic E-state index is 5.52. The van der Waals surface area contributed by atoms with Gasteiger partial charge >= 0.3 is 0 Å². The summed E-state index contributed by atoms with van der Waals surface area (Å²) in [5.74, 6) is 0.855. The molecule has 0 saturated carbocycles. The van der Waals surface area contributed by atoms with Gasteiger partial charge in [-0.1, -0.05) is 24.3 Å². The zero-order chi connectivity index (χ0) is 12.8. The summed E-state index contributed by atoms with van der Waals surface area (Å²) >= 11 is 0. The first-order valence-corrected chi connectivity index (χ1v) is 6.08. The van der Waals surface area contributed by atoms with E-state index in [1.807, 2.05) is 13.0 Å². The first kappa shape index (κ1) is 12.5. The van der Waals surface area contributed by atoms with Crippen molar-refractivity contribution in [1.82, 2.24) is 9.97 Å². The van der Waals surface area contributed by atoms with Crippen molar-refractivity contribution in [3.63, 3.8) is 0 Å². The average molecular weight is 242 g/mol. The summed E-state index contributed by atoms with van der Waals surface area (Å²) in [6.45, 7) is 3.41. The molecule has 0 amide bonds. The molecule has 4 heteroatoms. The van der Waals surface area contributed by atoms with Gasteiger partial charge in [-0.2, -0.15) is 0 Å². The van der Waals surface area contributed by atoms with Gasteiger partial charge in [0.1, 0.15) is 12.1 Å². The molecule has 1 aromatic heterocycles. The number of aryl methyl sites for hydroxylation is 1. The lowest BCUT2D eigenvalue weighted by Gasteiger charge is -2.06. The summed E-state index contributed by atoms with van der Waals surface area (Å²) in [5.41, 5.74) is 8.99. The van der Waals surface area contributed by atoms with Crippen molar-refractivity contribution in [2.24, 2.45) is 5.73 Å². The summed E-state index contributed by atoms with van der Waals surface area (Å²) < 4.78 is 0. The molecule has 4 nitrogen and oxygen atoms in total. The number of nitrogens with zero attached hydrogens (tertiary/aromatic N) is 2. The molecule has 2 rings (SSSR count). The number of rotatable bonds is 5. The van der Waals surface area contributed by atoms with E-state index >= 15 is 0 Å². The third kappa shape index (κ3) is 3.53. The third-order valence-electron chi connectivity index (χ3n) is 2.73. The van der Waals surface area contributed by atoms with Crippen LogP contribution in [0.5, 0.6) is 0 Å². The molecule has 1 aromatic carbocycles. The fourth-order valence-corrected chi connectivity index (χ4v) is 1.73. The van der Waals surface area contributed by atoms with E-state index in [2.05, 4.69) is 39.6 Å². The fourth-order valence-electron chi connectivity index (χ4n) is 1.73. The topological polar surface area (TPSA) is 63.8 Å². The van der Waals surface area contributed by atoms with Crippen LogP contribution in [0.15, 0.2) is 36.7 Å². The quantitative estimate of drug-likeness (QED) is 0.840. The van der Waals surface area contributed by atoms with Crippen LogP contribution in [0.4, 0.5) is 5.82 Å². The first-order valence-electron chi connectivity index (χ1n) is 6.08. The van der Waals surface area contributed by atoms with Crippen molar-refractivity contribution in [3.05, 3.63) is 53.5 Å². The molecule has 0 aliphatic heterocycles. The number of hydrogen-bond acceptors (Lipinski definition) is 4. The Balaban J connectivity index is 1.93. The fraction of sp³-hybridized carbons (Fsp3) is 0.286. The lowest BCUT2D eigenvalue weighted by atomic mass is 10.1. The lowest BCUT2D eigenvalue weighted by Crippen LogP contribution is -2.04. The maximum Gasteiger partial charge on any atom is 0.129 e. The van der Waals surface area contributed by atoms with Gasteiger partial charge in [0.25, 0.3) is 0 Å². The van der Waals surface area contributed by atoms with Gasteiger partial charge in [0, 0.05) is 18.3 Å². The maximum absolute atomic E-state index is 5.52. The summed E-state index contributed by atoms with van der Waals surface area (Å²) in [6, 6.07) is 10.4. The Morgan fingerprint density at radius 2 is 1.83 bits per heavy atom. The lowest BCUT2D eigenvalue weighted by molar-refractivity contribution is 0.965. The molecular weight excluding hydrogens is 224 g/mol. The van der Waals surface area contributed by atoms with Crippen LogP contribution in [0.25, 0.3) is 0 Å². The normalized spacial score (nSPS) is 10.3. The van der Waals surface area contributed by atoms with E-state index in [0.29, 0.717) is 6.54 Å². The Morgan fingerprint density at radius 1 is 1.11 bits per heavy atom. The van der Waals surface area contributed by atoms with Crippen molar-refractivity contribution < 1.29 is 0 Å².